The molecule has 7 nitrogen and oxygen atoms in total. The smallest absolute Gasteiger partial charge is 0.315 e. The first-order chi connectivity index (χ1) is 27.0. The number of ether oxygens (including phenoxy) is 2. The maximum atomic E-state index is 12.6. The van der Waals surface area contributed by atoms with E-state index in [0.717, 1.165) is 52.0 Å². The van der Waals surface area contributed by atoms with Crippen LogP contribution in [-0.2, 0) is 42.3 Å². The van der Waals surface area contributed by atoms with Crippen molar-refractivity contribution in [2.45, 2.75) is 58.2 Å². The Morgan fingerprint density at radius 1 is 0.582 bits per heavy atom. The maximum absolute atomic E-state index is 12.6. The number of carbonyl (C=O) groups is 1. The molecule has 0 aromatic heterocycles. The van der Waals surface area contributed by atoms with Gasteiger partial charge in [-0.05, 0) is 56.6 Å². The van der Waals surface area contributed by atoms with E-state index in [1.54, 1.807) is 0 Å². The number of aliphatic hydroxyl groups is 1. The minimum absolute atomic E-state index is 0.00480. The van der Waals surface area contributed by atoms with Crippen molar-refractivity contribution in [2.24, 2.45) is 5.92 Å². The molecule has 4 atom stereocenters. The first-order valence-corrected chi connectivity index (χ1v) is 19.1. The lowest BCUT2D eigenvalue weighted by atomic mass is 9.89. The Balaban J connectivity index is 1.11. The molecule has 1 aliphatic heterocycles. The number of aliphatic hydroxyl groups excluding tert-OH is 1. The zero-order valence-corrected chi connectivity index (χ0v) is 31.3. The number of benzene rings is 6. The zero-order chi connectivity index (χ0) is 37.8. The molecule has 2 amide bonds. The summed E-state index contributed by atoms with van der Waals surface area (Å²) in [6, 6.07) is 55.5. The molecule has 1 saturated heterocycles. The molecule has 55 heavy (non-hydrogen) atoms. The van der Waals surface area contributed by atoms with Gasteiger partial charge in [-0.3, -0.25) is 4.90 Å². The number of hydrogen-bond donors (Lipinski definition) is 3. The fourth-order valence-corrected chi connectivity index (χ4v) is 7.20. The van der Waals surface area contributed by atoms with Crippen molar-refractivity contribution in [1.29, 1.82) is 0 Å². The highest BCUT2D eigenvalue weighted by atomic mass is 16.7. The van der Waals surface area contributed by atoms with Crippen molar-refractivity contribution in [1.82, 2.24) is 15.5 Å². The molecule has 280 valence electrons. The van der Waals surface area contributed by atoms with Crippen LogP contribution >= 0.6 is 0 Å². The number of hydrogen-bond acceptors (Lipinski definition) is 5. The molecular formula is C48H49N3O4. The van der Waals surface area contributed by atoms with Crippen LogP contribution in [0.5, 0.6) is 0 Å². The third kappa shape index (κ3) is 10.4. The van der Waals surface area contributed by atoms with Gasteiger partial charge in [0.2, 0.25) is 0 Å². The molecule has 6 aromatic rings. The second-order valence-electron chi connectivity index (χ2n) is 14.3. The lowest BCUT2D eigenvalue weighted by Crippen LogP contribution is -2.44. The summed E-state index contributed by atoms with van der Waals surface area (Å²) in [5, 5.41) is 15.7. The fourth-order valence-electron chi connectivity index (χ4n) is 7.20. The highest BCUT2D eigenvalue weighted by Crippen LogP contribution is 2.42. The van der Waals surface area contributed by atoms with E-state index in [9.17, 15) is 9.90 Å². The van der Waals surface area contributed by atoms with Crippen molar-refractivity contribution < 1.29 is 19.4 Å². The van der Waals surface area contributed by atoms with Crippen molar-refractivity contribution >= 4 is 6.03 Å². The van der Waals surface area contributed by atoms with Gasteiger partial charge in [0.15, 0.2) is 6.29 Å². The van der Waals surface area contributed by atoms with Gasteiger partial charge in [-0.1, -0.05) is 159 Å². The van der Waals surface area contributed by atoms with E-state index >= 15 is 0 Å². The molecule has 0 radical (unpaired) electrons. The maximum Gasteiger partial charge on any atom is 0.315 e. The monoisotopic (exact) mass is 731 g/mol. The van der Waals surface area contributed by atoms with Crippen LogP contribution in [0.1, 0.15) is 58.3 Å². The summed E-state index contributed by atoms with van der Waals surface area (Å²) < 4.78 is 13.8. The Morgan fingerprint density at radius 2 is 1.13 bits per heavy atom. The molecule has 0 aliphatic carbocycles. The molecule has 0 saturated carbocycles. The quantitative estimate of drug-likeness (QED) is 0.104. The van der Waals surface area contributed by atoms with E-state index in [0.29, 0.717) is 19.6 Å². The normalized spacial score (nSPS) is 18.2. The largest absolute Gasteiger partial charge is 0.392 e. The van der Waals surface area contributed by atoms with Gasteiger partial charge >= 0.3 is 6.03 Å². The predicted octanol–water partition coefficient (Wildman–Crippen LogP) is 9.34. The standard InChI is InChI=1S/C48H49N3O4/c1-35-45(33-51(31-37-15-7-3-8-16-37)32-38-17-9-4-10-18-38)54-47(55-46(35)41-25-23-39(34-52)24-26-41)44-22-12-21-43(28-44)42-20-11-19-40(27-42)30-50-48(53)49-29-36-13-5-2-6-14-36/h2-28,35,45-47,52H,29-34H2,1H3,(H2,49,50,53)/t35-,45+,46+,47+/m1/s1. The van der Waals surface area contributed by atoms with Gasteiger partial charge in [0, 0.05) is 44.2 Å². The van der Waals surface area contributed by atoms with Crippen LogP contribution in [0.3, 0.4) is 0 Å². The van der Waals surface area contributed by atoms with Crippen molar-refractivity contribution in [3.63, 3.8) is 0 Å². The molecule has 1 fully saturated rings. The van der Waals surface area contributed by atoms with E-state index < -0.39 is 6.29 Å². The highest BCUT2D eigenvalue weighted by molar-refractivity contribution is 5.74. The molecule has 7 rings (SSSR count). The first-order valence-electron chi connectivity index (χ1n) is 19.1. The molecule has 0 spiro atoms. The summed E-state index contributed by atoms with van der Waals surface area (Å²) in [6.45, 7) is 5.38. The Kier molecular flexibility index (Phi) is 12.8. The van der Waals surface area contributed by atoms with Crippen LogP contribution in [0.2, 0.25) is 0 Å². The third-order valence-electron chi connectivity index (χ3n) is 10.2. The summed E-state index contributed by atoms with van der Waals surface area (Å²) in [5.41, 5.74) is 9.50. The molecule has 7 heteroatoms. The van der Waals surface area contributed by atoms with Gasteiger partial charge in [0.05, 0.1) is 18.8 Å². The Morgan fingerprint density at radius 3 is 1.75 bits per heavy atom. The Hall–Kier alpha value is -5.57. The molecule has 0 unspecified atom stereocenters. The fraction of sp³-hybridized carbons (Fsp3) is 0.229. The predicted molar refractivity (Wildman–Crippen MR) is 217 cm³/mol. The summed E-state index contributed by atoms with van der Waals surface area (Å²) in [4.78, 5) is 15.0. The highest BCUT2D eigenvalue weighted by Gasteiger charge is 2.39. The summed E-state index contributed by atoms with van der Waals surface area (Å²) >= 11 is 0. The average Bonchev–Trinajstić information content (AvgIpc) is 3.24. The van der Waals surface area contributed by atoms with E-state index in [1.807, 2.05) is 54.6 Å². The van der Waals surface area contributed by atoms with E-state index in [4.69, 9.17) is 9.47 Å². The second-order valence-corrected chi connectivity index (χ2v) is 14.3. The SMILES string of the molecule is C[C@@H]1[C@H](CN(Cc2ccccc2)Cc2ccccc2)O[C@H](c2cccc(-c3cccc(CNC(=O)NCc4ccccc4)c3)c2)O[C@@H]1c1ccc(CO)cc1. The lowest BCUT2D eigenvalue weighted by molar-refractivity contribution is -0.276. The molecular weight excluding hydrogens is 683 g/mol. The molecule has 1 heterocycles. The van der Waals surface area contributed by atoms with Gasteiger partial charge in [-0.25, -0.2) is 4.79 Å². The molecule has 0 bridgehead atoms. The summed E-state index contributed by atoms with van der Waals surface area (Å²) in [5.74, 6) is 0.0440. The van der Waals surface area contributed by atoms with Crippen molar-refractivity contribution in [3.8, 4) is 11.1 Å². The van der Waals surface area contributed by atoms with E-state index in [1.165, 1.54) is 11.1 Å². The Labute approximate surface area is 324 Å². The number of carbonyl (C=O) groups excluding carboxylic acids is 1. The summed E-state index contributed by atoms with van der Waals surface area (Å²) in [6.07, 6.45) is -0.963. The molecule has 1 aliphatic rings. The number of urea groups is 1. The summed E-state index contributed by atoms with van der Waals surface area (Å²) in [7, 11) is 0. The van der Waals surface area contributed by atoms with Gasteiger partial charge in [0.1, 0.15) is 0 Å². The van der Waals surface area contributed by atoms with E-state index in [2.05, 4.69) is 132 Å². The zero-order valence-electron chi connectivity index (χ0n) is 31.3. The van der Waals surface area contributed by atoms with Crippen LogP contribution in [-0.4, -0.2) is 28.7 Å². The lowest BCUT2D eigenvalue weighted by Gasteiger charge is -2.43. The van der Waals surface area contributed by atoms with Crippen LogP contribution in [0.15, 0.2) is 164 Å². The Bertz CT molecular complexity index is 2050. The van der Waals surface area contributed by atoms with Gasteiger partial charge < -0.3 is 25.2 Å². The van der Waals surface area contributed by atoms with Crippen LogP contribution < -0.4 is 10.6 Å². The topological polar surface area (TPSA) is 83.1 Å². The number of nitrogens with one attached hydrogen (secondary N) is 2. The molecule has 3 N–H and O–H groups in total. The number of amides is 2. The third-order valence-corrected chi connectivity index (χ3v) is 10.2. The number of rotatable bonds is 14. The van der Waals surface area contributed by atoms with E-state index in [-0.39, 0.29) is 30.8 Å². The van der Waals surface area contributed by atoms with Gasteiger partial charge in [0.25, 0.3) is 0 Å². The van der Waals surface area contributed by atoms with Crippen molar-refractivity contribution in [2.75, 3.05) is 6.54 Å². The van der Waals surface area contributed by atoms with Gasteiger partial charge in [-0.2, -0.15) is 0 Å². The minimum atomic E-state index is -0.600. The second kappa shape index (κ2) is 18.7. The number of nitrogens with zero attached hydrogens (tertiary/aromatic N) is 1. The average molecular weight is 732 g/mol. The van der Waals surface area contributed by atoms with Crippen molar-refractivity contribution in [3.05, 3.63) is 203 Å². The van der Waals surface area contributed by atoms with Crippen LogP contribution in [0.25, 0.3) is 11.1 Å². The molecule has 6 aromatic carbocycles. The van der Waals surface area contributed by atoms with Crippen LogP contribution in [0, 0.1) is 5.92 Å². The van der Waals surface area contributed by atoms with Crippen LogP contribution in [0.4, 0.5) is 4.79 Å². The van der Waals surface area contributed by atoms with Gasteiger partial charge in [-0.15, -0.1) is 0 Å². The first kappa shape index (κ1) is 37.7. The minimum Gasteiger partial charge on any atom is -0.392 e.